The van der Waals surface area contributed by atoms with Crippen LogP contribution in [0.5, 0.6) is 0 Å². The Morgan fingerprint density at radius 1 is 1.20 bits per heavy atom. The van der Waals surface area contributed by atoms with E-state index in [9.17, 15) is 0 Å². The number of aromatic nitrogens is 5. The maximum absolute atomic E-state index is 6.49. The third-order valence-electron chi connectivity index (χ3n) is 4.79. The maximum atomic E-state index is 6.49. The highest BCUT2D eigenvalue weighted by atomic mass is 127. The van der Waals surface area contributed by atoms with E-state index in [-0.39, 0.29) is 0 Å². The second-order valence-electron chi connectivity index (χ2n) is 6.51. The second kappa shape index (κ2) is 8.22. The van der Waals surface area contributed by atoms with Gasteiger partial charge in [0.25, 0.3) is 0 Å². The van der Waals surface area contributed by atoms with Gasteiger partial charge in [0.15, 0.2) is 0 Å². The fraction of sp³-hybridized carbons (Fsp3) is 0.100. The van der Waals surface area contributed by atoms with Gasteiger partial charge in [0.05, 0.1) is 31.0 Å². The van der Waals surface area contributed by atoms with Crippen LogP contribution < -0.4 is 5.32 Å². The standard InChI is InChI=1S/C20H14ClIN6S2/c21-12-5-8-30-18(12)16-14(22)15-17(20(29)27-10-25-15)28(16)7-6-23-19-11-3-1-2-4-13(11)24-9-26-19/h1-5,8-10H,6-7H2,(H,23,24,26)(H,25,27,29). The molecule has 30 heavy (non-hydrogen) atoms. The number of thiophene rings is 1. The molecule has 0 atom stereocenters. The molecule has 6 nitrogen and oxygen atoms in total. The van der Waals surface area contributed by atoms with Crippen molar-refractivity contribution in [1.82, 2.24) is 24.5 Å². The Morgan fingerprint density at radius 2 is 2.07 bits per heavy atom. The summed E-state index contributed by atoms with van der Waals surface area (Å²) in [5.74, 6) is 0.811. The summed E-state index contributed by atoms with van der Waals surface area (Å²) >= 11 is 16.0. The maximum Gasteiger partial charge on any atom is 0.137 e. The molecule has 5 rings (SSSR count). The summed E-state index contributed by atoms with van der Waals surface area (Å²) in [4.78, 5) is 17.4. The number of nitrogens with one attached hydrogen (secondary N) is 2. The Hall–Kier alpha value is -2.08. The number of halogens is 2. The molecule has 0 bridgehead atoms. The van der Waals surface area contributed by atoms with Gasteiger partial charge in [-0.1, -0.05) is 36.0 Å². The van der Waals surface area contributed by atoms with Crippen LogP contribution in [0.25, 0.3) is 32.5 Å². The molecule has 5 aromatic rings. The molecular weight excluding hydrogens is 551 g/mol. The van der Waals surface area contributed by atoms with Gasteiger partial charge in [-0.25, -0.2) is 15.0 Å². The smallest absolute Gasteiger partial charge is 0.137 e. The molecule has 4 aromatic heterocycles. The third-order valence-corrected chi connectivity index (χ3v) is 7.47. The van der Waals surface area contributed by atoms with Crippen LogP contribution in [0.1, 0.15) is 0 Å². The summed E-state index contributed by atoms with van der Waals surface area (Å²) in [6.07, 6.45) is 3.22. The molecular formula is C20H14ClIN6S2. The monoisotopic (exact) mass is 564 g/mol. The molecule has 0 radical (unpaired) electrons. The summed E-state index contributed by atoms with van der Waals surface area (Å²) in [7, 11) is 0. The van der Waals surface area contributed by atoms with Gasteiger partial charge in [-0.15, -0.1) is 11.3 Å². The van der Waals surface area contributed by atoms with E-state index in [1.165, 1.54) is 0 Å². The van der Waals surface area contributed by atoms with E-state index in [2.05, 4.69) is 52.4 Å². The van der Waals surface area contributed by atoms with Gasteiger partial charge in [0, 0.05) is 18.5 Å². The van der Waals surface area contributed by atoms with E-state index >= 15 is 0 Å². The molecule has 0 saturated carbocycles. The Bertz CT molecular complexity index is 1440. The lowest BCUT2D eigenvalue weighted by molar-refractivity contribution is 0.760. The van der Waals surface area contributed by atoms with Crippen LogP contribution in [0.2, 0.25) is 5.02 Å². The van der Waals surface area contributed by atoms with Gasteiger partial charge in [-0.2, -0.15) is 0 Å². The predicted octanol–water partition coefficient (Wildman–Crippen LogP) is 6.14. The van der Waals surface area contributed by atoms with Crippen molar-refractivity contribution in [2.45, 2.75) is 6.54 Å². The minimum atomic E-state index is 0.653. The van der Waals surface area contributed by atoms with Crippen molar-refractivity contribution in [2.24, 2.45) is 0 Å². The molecule has 0 aliphatic rings. The summed E-state index contributed by atoms with van der Waals surface area (Å²) in [5.41, 5.74) is 3.74. The van der Waals surface area contributed by atoms with Gasteiger partial charge in [0.1, 0.15) is 27.8 Å². The van der Waals surface area contributed by atoms with Crippen molar-refractivity contribution < 1.29 is 0 Å². The summed E-state index contributed by atoms with van der Waals surface area (Å²) < 4.78 is 3.89. The number of H-pyrrole nitrogens is 1. The first-order valence-electron chi connectivity index (χ1n) is 9.07. The van der Waals surface area contributed by atoms with E-state index in [4.69, 9.17) is 23.8 Å². The lowest BCUT2D eigenvalue weighted by Crippen LogP contribution is -2.13. The molecule has 0 amide bonds. The predicted molar refractivity (Wildman–Crippen MR) is 134 cm³/mol. The number of hydrogen-bond acceptors (Lipinski definition) is 6. The highest BCUT2D eigenvalue weighted by Gasteiger charge is 2.21. The van der Waals surface area contributed by atoms with Crippen molar-refractivity contribution >= 4 is 85.5 Å². The zero-order valence-corrected chi connectivity index (χ0v) is 19.9. The van der Waals surface area contributed by atoms with Gasteiger partial charge in [-0.05, 0) is 46.2 Å². The van der Waals surface area contributed by atoms with Crippen LogP contribution in [-0.4, -0.2) is 31.0 Å². The minimum absolute atomic E-state index is 0.653. The lowest BCUT2D eigenvalue weighted by atomic mass is 10.2. The molecule has 4 heterocycles. The van der Waals surface area contributed by atoms with Gasteiger partial charge < -0.3 is 14.9 Å². The van der Waals surface area contributed by atoms with Crippen molar-refractivity contribution in [3.63, 3.8) is 0 Å². The topological polar surface area (TPSA) is 71.4 Å². The van der Waals surface area contributed by atoms with E-state index in [0.717, 1.165) is 46.9 Å². The normalized spacial score (nSPS) is 11.4. The van der Waals surface area contributed by atoms with Crippen molar-refractivity contribution in [2.75, 3.05) is 11.9 Å². The van der Waals surface area contributed by atoms with Gasteiger partial charge >= 0.3 is 0 Å². The molecule has 0 saturated heterocycles. The summed E-state index contributed by atoms with van der Waals surface area (Å²) in [6.45, 7) is 1.32. The van der Waals surface area contributed by atoms with Crippen molar-refractivity contribution in [1.29, 1.82) is 0 Å². The van der Waals surface area contributed by atoms with Gasteiger partial charge in [0.2, 0.25) is 0 Å². The molecule has 10 heteroatoms. The first kappa shape index (κ1) is 19.9. The first-order chi connectivity index (χ1) is 14.6. The van der Waals surface area contributed by atoms with Crippen LogP contribution in [-0.2, 0) is 6.54 Å². The zero-order chi connectivity index (χ0) is 20.7. The number of nitrogens with zero attached hydrogens (tertiary/aromatic N) is 4. The Kier molecular flexibility index (Phi) is 5.44. The summed E-state index contributed by atoms with van der Waals surface area (Å²) in [6, 6.07) is 9.87. The first-order valence-corrected chi connectivity index (χ1v) is 11.8. The quantitative estimate of drug-likeness (QED) is 0.198. The van der Waals surface area contributed by atoms with E-state index in [0.29, 0.717) is 17.7 Å². The molecule has 2 N–H and O–H groups in total. The minimum Gasteiger partial charge on any atom is -0.368 e. The fourth-order valence-electron chi connectivity index (χ4n) is 3.49. The van der Waals surface area contributed by atoms with Crippen LogP contribution >= 0.6 is 57.7 Å². The Balaban J connectivity index is 1.55. The average Bonchev–Trinajstić information content (AvgIpc) is 3.29. The summed E-state index contributed by atoms with van der Waals surface area (Å²) in [5, 5.41) is 7.16. The Labute approximate surface area is 199 Å². The van der Waals surface area contributed by atoms with Crippen LogP contribution in [0, 0.1) is 8.21 Å². The number of fused-ring (bicyclic) bond motifs is 2. The van der Waals surface area contributed by atoms with Crippen molar-refractivity contribution in [3.8, 4) is 10.6 Å². The van der Waals surface area contributed by atoms with Crippen LogP contribution in [0.3, 0.4) is 0 Å². The molecule has 0 spiro atoms. The zero-order valence-electron chi connectivity index (χ0n) is 15.4. The number of anilines is 1. The van der Waals surface area contributed by atoms with Crippen LogP contribution in [0.4, 0.5) is 5.82 Å². The highest BCUT2D eigenvalue weighted by Crippen LogP contribution is 2.40. The lowest BCUT2D eigenvalue weighted by Gasteiger charge is -2.13. The molecule has 1 aromatic carbocycles. The number of benzene rings is 1. The molecule has 150 valence electrons. The molecule has 0 aliphatic carbocycles. The number of hydrogen-bond donors (Lipinski definition) is 2. The average molecular weight is 565 g/mol. The Morgan fingerprint density at radius 3 is 2.90 bits per heavy atom. The molecule has 0 unspecified atom stereocenters. The van der Waals surface area contributed by atoms with Crippen molar-refractivity contribution in [3.05, 3.63) is 61.6 Å². The van der Waals surface area contributed by atoms with Crippen LogP contribution in [0.15, 0.2) is 48.4 Å². The molecule has 0 aliphatic heterocycles. The number of para-hydroxylation sites is 1. The SMILES string of the molecule is S=c1[nH]cnc2c(I)c(-c3sccc3Cl)n(CCNc3ncnc4ccccc34)c12. The van der Waals surface area contributed by atoms with E-state index in [1.807, 2.05) is 35.7 Å². The van der Waals surface area contributed by atoms with E-state index in [1.54, 1.807) is 24.0 Å². The highest BCUT2D eigenvalue weighted by molar-refractivity contribution is 14.1. The van der Waals surface area contributed by atoms with E-state index < -0.39 is 0 Å². The number of rotatable bonds is 5. The number of aromatic amines is 1. The van der Waals surface area contributed by atoms with Gasteiger partial charge in [-0.3, -0.25) is 0 Å². The third kappa shape index (κ3) is 3.39. The second-order valence-corrected chi connectivity index (χ2v) is 9.32. The fourth-order valence-corrected chi connectivity index (χ4v) is 6.09. The molecule has 0 fully saturated rings. The largest absolute Gasteiger partial charge is 0.368 e.